The summed E-state index contributed by atoms with van der Waals surface area (Å²) in [5.74, 6) is 0.198. The highest BCUT2D eigenvalue weighted by molar-refractivity contribution is 8.07. The third kappa shape index (κ3) is 5.40. The molecule has 17 nitrogen and oxygen atoms in total. The van der Waals surface area contributed by atoms with Gasteiger partial charge in [0.25, 0.3) is 5.56 Å². The van der Waals surface area contributed by atoms with Crippen LogP contribution < -0.4 is 17.0 Å². The summed E-state index contributed by atoms with van der Waals surface area (Å²) in [7, 11) is 0. The Labute approximate surface area is 218 Å². The highest BCUT2D eigenvalue weighted by Crippen LogP contribution is 2.49. The second-order valence-electron chi connectivity index (χ2n) is 8.77. The third-order valence-corrected chi connectivity index (χ3v) is 7.74. The number of aromatic nitrogens is 7. The summed E-state index contributed by atoms with van der Waals surface area (Å²) in [4.78, 5) is 53.1. The smallest absolute Gasteiger partial charge is 0.354 e. The summed E-state index contributed by atoms with van der Waals surface area (Å²) in [6.07, 6.45) is -2.58. The van der Waals surface area contributed by atoms with Crippen molar-refractivity contribution in [2.75, 3.05) is 18.9 Å². The lowest BCUT2D eigenvalue weighted by atomic mass is 10.2. The van der Waals surface area contributed by atoms with Gasteiger partial charge in [-0.3, -0.25) is 13.9 Å². The monoisotopic (exact) mass is 572 g/mol. The molecule has 2 aliphatic heterocycles. The molecule has 3 unspecified atom stereocenters. The third-order valence-electron chi connectivity index (χ3n) is 6.15. The van der Waals surface area contributed by atoms with Crippen molar-refractivity contribution in [3.8, 4) is 0 Å². The number of nitrogens with one attached hydrogen (secondary N) is 1. The van der Waals surface area contributed by atoms with Gasteiger partial charge in [-0.1, -0.05) is 0 Å². The van der Waals surface area contributed by atoms with Gasteiger partial charge in [-0.15, -0.1) is 0 Å². The fraction of sp³-hybridized carbons (Fsp3) is 0.579. The molecule has 0 aromatic carbocycles. The van der Waals surface area contributed by atoms with E-state index >= 15 is 0 Å². The first-order chi connectivity index (χ1) is 18.0. The number of aliphatic hydroxyl groups excluding tert-OH is 2. The van der Waals surface area contributed by atoms with Gasteiger partial charge >= 0.3 is 12.4 Å². The van der Waals surface area contributed by atoms with E-state index in [0.29, 0.717) is 11.5 Å². The maximum atomic E-state index is 12.1. The van der Waals surface area contributed by atoms with Crippen LogP contribution in [0.15, 0.2) is 22.2 Å². The highest BCUT2D eigenvalue weighted by Gasteiger charge is 2.42. The minimum Gasteiger partial charge on any atom is -0.394 e. The van der Waals surface area contributed by atoms with Crippen LogP contribution in [0.5, 0.6) is 0 Å². The zero-order chi connectivity index (χ0) is 27.2. The number of nitrogen functional groups attached to an aromatic ring is 1. The largest absolute Gasteiger partial charge is 0.394 e. The average molecular weight is 572 g/mol. The van der Waals surface area contributed by atoms with Crippen molar-refractivity contribution in [3.05, 3.63) is 39.3 Å². The maximum absolute atomic E-state index is 12.1. The van der Waals surface area contributed by atoms with E-state index in [9.17, 15) is 24.7 Å². The lowest BCUT2D eigenvalue weighted by Crippen LogP contribution is -2.30. The number of nitrogens with two attached hydrogens (primary N) is 1. The van der Waals surface area contributed by atoms with E-state index in [1.165, 1.54) is 10.9 Å². The summed E-state index contributed by atoms with van der Waals surface area (Å²) in [6, 6.07) is 0. The van der Waals surface area contributed by atoms with Gasteiger partial charge in [-0.05, 0) is 18.7 Å². The molecule has 0 bridgehead atoms. The lowest BCUT2D eigenvalue weighted by molar-refractivity contribution is -0.0522. The Balaban J connectivity index is 1.23. The summed E-state index contributed by atoms with van der Waals surface area (Å²) < 4.78 is 25.2. The molecule has 6 N–H and O–H groups in total. The van der Waals surface area contributed by atoms with Gasteiger partial charge in [0.2, 0.25) is 5.95 Å². The van der Waals surface area contributed by atoms with Crippen LogP contribution in [-0.4, -0.2) is 86.8 Å². The Morgan fingerprint density at radius 1 is 1.18 bits per heavy atom. The normalized spacial score (nSPS) is 29.2. The molecule has 2 aliphatic rings. The van der Waals surface area contributed by atoms with Crippen molar-refractivity contribution in [3.63, 3.8) is 0 Å². The first-order valence-electron chi connectivity index (χ1n) is 11.4. The van der Waals surface area contributed by atoms with Gasteiger partial charge in [0.1, 0.15) is 36.8 Å². The predicted octanol–water partition coefficient (Wildman–Crippen LogP) is -1.79. The van der Waals surface area contributed by atoms with Crippen LogP contribution in [0, 0.1) is 6.92 Å². The second-order valence-corrected chi connectivity index (χ2v) is 11.6. The fourth-order valence-electron chi connectivity index (χ4n) is 4.35. The molecule has 5 rings (SSSR count). The zero-order valence-electron chi connectivity index (χ0n) is 19.9. The summed E-state index contributed by atoms with van der Waals surface area (Å²) in [5, 5.41) is 20.2. The number of hydrogen-bond donors (Lipinski definition) is 5. The van der Waals surface area contributed by atoms with Crippen LogP contribution in [0.4, 0.5) is 5.95 Å². The SMILES string of the molecule is Cc1nc2c(ncn2[C@H]2CC(OP(O)(=S)OC[C@H]3O[C@@H](n4cnc(N)nc4=O)CC3O)[C@@H](CO)O2)c(=O)[nH]1. The Bertz CT molecular complexity index is 1500. The quantitative estimate of drug-likeness (QED) is 0.187. The molecule has 0 amide bonds. The lowest BCUT2D eigenvalue weighted by Gasteiger charge is -2.24. The number of hydrogen-bond acceptors (Lipinski definition) is 14. The molecular weight excluding hydrogens is 547 g/mol. The number of aliphatic hydroxyl groups is 2. The van der Waals surface area contributed by atoms with Crippen molar-refractivity contribution >= 4 is 35.6 Å². The topological polar surface area (TPSA) is 235 Å². The van der Waals surface area contributed by atoms with E-state index in [1.54, 1.807) is 6.92 Å². The summed E-state index contributed by atoms with van der Waals surface area (Å²) >= 11 is 5.14. The van der Waals surface area contributed by atoms with Gasteiger partial charge in [-0.2, -0.15) is 4.98 Å². The molecule has 7 atom stereocenters. The van der Waals surface area contributed by atoms with Gasteiger partial charge in [0.15, 0.2) is 11.2 Å². The van der Waals surface area contributed by atoms with E-state index in [4.69, 9.17) is 36.1 Å². The van der Waals surface area contributed by atoms with Crippen molar-refractivity contribution in [1.29, 1.82) is 0 Å². The van der Waals surface area contributed by atoms with E-state index in [-0.39, 0.29) is 30.9 Å². The maximum Gasteiger partial charge on any atom is 0.354 e. The molecule has 38 heavy (non-hydrogen) atoms. The number of nitrogens with zero attached hydrogens (tertiary/aromatic N) is 6. The van der Waals surface area contributed by atoms with E-state index < -0.39 is 61.4 Å². The molecule has 5 heterocycles. The molecule has 2 fully saturated rings. The molecule has 19 heteroatoms. The van der Waals surface area contributed by atoms with Gasteiger partial charge in [0, 0.05) is 12.8 Å². The van der Waals surface area contributed by atoms with Crippen LogP contribution in [0.3, 0.4) is 0 Å². The summed E-state index contributed by atoms with van der Waals surface area (Å²) in [5.41, 5.74) is 4.72. The van der Waals surface area contributed by atoms with Gasteiger partial charge < -0.3 is 44.3 Å². The van der Waals surface area contributed by atoms with Gasteiger partial charge in [0.05, 0.1) is 31.7 Å². The average Bonchev–Trinajstić information content (AvgIpc) is 3.54. The number of H-pyrrole nitrogens is 1. The number of rotatable bonds is 8. The molecule has 0 spiro atoms. The number of aryl methyl sites for hydroxylation is 1. The van der Waals surface area contributed by atoms with E-state index in [2.05, 4.69) is 24.9 Å². The van der Waals surface area contributed by atoms with Crippen LogP contribution >= 0.6 is 6.72 Å². The molecule has 206 valence electrons. The first kappa shape index (κ1) is 26.9. The van der Waals surface area contributed by atoms with Crippen LogP contribution in [-0.2, 0) is 30.3 Å². The molecular formula is C19H25N8O9PS. The number of aromatic amines is 1. The van der Waals surface area contributed by atoms with Crippen molar-refractivity contribution in [1.82, 2.24) is 34.1 Å². The Morgan fingerprint density at radius 2 is 1.89 bits per heavy atom. The first-order valence-corrected chi connectivity index (χ1v) is 14.0. The van der Waals surface area contributed by atoms with Crippen LogP contribution in [0.2, 0.25) is 0 Å². The second kappa shape index (κ2) is 10.5. The zero-order valence-corrected chi connectivity index (χ0v) is 21.6. The number of imidazole rings is 1. The minimum absolute atomic E-state index is 0.0380. The number of ether oxygens (including phenoxy) is 2. The van der Waals surface area contributed by atoms with Crippen molar-refractivity contribution < 1.29 is 33.6 Å². The van der Waals surface area contributed by atoms with Crippen molar-refractivity contribution in [2.24, 2.45) is 0 Å². The molecule has 0 radical (unpaired) electrons. The Hall–Kier alpha value is -2.67. The van der Waals surface area contributed by atoms with E-state index in [1.807, 2.05) is 0 Å². The Morgan fingerprint density at radius 3 is 2.63 bits per heavy atom. The van der Waals surface area contributed by atoms with E-state index in [0.717, 1.165) is 10.9 Å². The molecule has 2 saturated heterocycles. The predicted molar refractivity (Wildman–Crippen MR) is 131 cm³/mol. The Kier molecular flexibility index (Phi) is 7.42. The number of anilines is 1. The molecule has 0 aliphatic carbocycles. The fourth-order valence-corrected chi connectivity index (χ4v) is 5.82. The van der Waals surface area contributed by atoms with Gasteiger partial charge in [-0.25, -0.2) is 19.7 Å². The minimum atomic E-state index is -3.90. The summed E-state index contributed by atoms with van der Waals surface area (Å²) in [6.45, 7) is -3.05. The molecule has 3 aromatic rings. The van der Waals surface area contributed by atoms with Crippen LogP contribution in [0.25, 0.3) is 11.2 Å². The standard InChI is InChI=1S/C19H25N8O9PS/c1-8-23-16-15(17(30)24-8)21-6-26(16)14-3-10(11(4-28)34-14)36-37(32,38)33-5-12-9(29)2-13(35-12)27-7-22-18(20)25-19(27)31/h6-7,9-14,28-29H,2-5H2,1H3,(H,32,38)(H2,20,25,31)(H,23,24,30)/t9?,10?,11-,12-,13-,14-,37?/m1/s1. The number of fused-ring (bicyclic) bond motifs is 1. The molecule has 0 saturated carbocycles. The highest BCUT2D eigenvalue weighted by atomic mass is 32.5. The van der Waals surface area contributed by atoms with Crippen LogP contribution in [0.1, 0.15) is 31.1 Å². The molecule has 3 aromatic heterocycles. The van der Waals surface area contributed by atoms with Crippen molar-refractivity contribution in [2.45, 2.75) is 56.6 Å².